The van der Waals surface area contributed by atoms with Crippen molar-refractivity contribution in [2.75, 3.05) is 6.61 Å². The van der Waals surface area contributed by atoms with Crippen LogP contribution in [0.1, 0.15) is 170 Å². The number of aliphatic hydroxyl groups excluding tert-OH is 6. The number of rotatable bonds is 15. The Bertz CT molecular complexity index is 4400. The molecule has 13 rings (SSSR count). The average molecular weight is 1580 g/mol. The number of aliphatic carboxylic acids is 1. The zero-order valence-electron chi connectivity index (χ0n) is 61.2. The number of nitrogens with one attached hydrogen (secondary N) is 4. The molecule has 2 fully saturated rings. The normalized spacial score (nSPS) is 29.8. The van der Waals surface area contributed by atoms with Crippen molar-refractivity contribution in [2.24, 2.45) is 23.7 Å². The van der Waals surface area contributed by atoms with Gasteiger partial charge in [-0.05, 0) is 142 Å². The molecule has 111 heavy (non-hydrogen) atoms. The number of hydrogen-bond donors (Lipinski definition) is 14. The molecule has 1 aliphatic carbocycles. The molecule has 19 atom stereocenters. The molecule has 596 valence electrons. The summed E-state index contributed by atoms with van der Waals surface area (Å²) in [6, 6.07) is 8.37. The van der Waals surface area contributed by atoms with E-state index in [0.717, 1.165) is 55.3 Å². The molecule has 5 aromatic carbocycles. The summed E-state index contributed by atoms with van der Waals surface area (Å²) in [5, 5.41) is 126. The van der Waals surface area contributed by atoms with Crippen LogP contribution in [-0.2, 0) is 57.3 Å². The largest absolute Gasteiger partial charge is 0.508 e. The second-order valence-corrected chi connectivity index (χ2v) is 30.4. The first-order valence-electron chi connectivity index (χ1n) is 36.7. The summed E-state index contributed by atoms with van der Waals surface area (Å²) in [7, 11) is 0. The van der Waals surface area contributed by atoms with Crippen LogP contribution in [-0.4, -0.2) is 178 Å². The number of ether oxygens (including phenoxy) is 7. The third-order valence-electron chi connectivity index (χ3n) is 21.2. The fourth-order valence-electron chi connectivity index (χ4n) is 15.2. The van der Waals surface area contributed by atoms with Crippen LogP contribution in [0, 0.1) is 23.7 Å². The number of benzene rings is 5. The number of allylic oxidation sites excluding steroid dienone is 2. The Morgan fingerprint density at radius 1 is 0.739 bits per heavy atom. The molecule has 19 unspecified atom stereocenters. The van der Waals surface area contributed by atoms with Gasteiger partial charge in [-0.1, -0.05) is 74.3 Å². The van der Waals surface area contributed by atoms with E-state index in [9.17, 15) is 75.0 Å². The van der Waals surface area contributed by atoms with Crippen molar-refractivity contribution in [1.29, 1.82) is 0 Å². The monoisotopic (exact) mass is 1580 g/mol. The molecule has 0 spiro atoms. The molecule has 32 heteroatoms. The van der Waals surface area contributed by atoms with Crippen molar-refractivity contribution in [3.63, 3.8) is 0 Å². The lowest BCUT2D eigenvalue weighted by molar-refractivity contribution is -0.334. The molecule has 4 amide bonds. The lowest BCUT2D eigenvalue weighted by Gasteiger charge is -2.48. The molecular formula is C79H90Cl2N4O26. The summed E-state index contributed by atoms with van der Waals surface area (Å²) in [5.41, 5.74) is -3.76. The van der Waals surface area contributed by atoms with E-state index < -0.39 is 245 Å². The second-order valence-electron chi connectivity index (χ2n) is 29.6. The lowest BCUT2D eigenvalue weighted by Crippen LogP contribution is -2.66. The minimum Gasteiger partial charge on any atom is -0.508 e. The first-order valence-corrected chi connectivity index (χ1v) is 37.5. The summed E-state index contributed by atoms with van der Waals surface area (Å²) in [4.78, 5) is 132. The van der Waals surface area contributed by atoms with Gasteiger partial charge in [-0.3, -0.25) is 28.8 Å². The van der Waals surface area contributed by atoms with Crippen LogP contribution in [0.3, 0.4) is 0 Å². The first-order chi connectivity index (χ1) is 52.8. The predicted molar refractivity (Wildman–Crippen MR) is 392 cm³/mol. The van der Waals surface area contributed by atoms with Gasteiger partial charge in [0.05, 0.1) is 46.2 Å². The van der Waals surface area contributed by atoms with Crippen LogP contribution in [0.4, 0.5) is 4.79 Å². The SMILES string of the molecule is CCC(CC(C)C)C(=O)NC1C(=O)CC(CC=O)C(=O)NC2C(=O)CC3C(=O)CC(C(=O)NC(C(=O)O)c4cc(O)cc(O)c4-c4cc3ccc4O)C(O)c3ccc(c(Cl)c3)Oc3cc2cc(c3OC2OC(CO)C(O)C(O)C2OC2CC(C)(NC(=O)OC3CC/C=C/CCC3)C(O)C(C)O2)Oc2ccc(cc2Cl)C1O. The van der Waals surface area contributed by atoms with Gasteiger partial charge in [0.1, 0.15) is 89.5 Å². The van der Waals surface area contributed by atoms with E-state index >= 15 is 19.2 Å². The third kappa shape index (κ3) is 18.4. The van der Waals surface area contributed by atoms with Crippen LogP contribution in [0.25, 0.3) is 11.1 Å². The van der Waals surface area contributed by atoms with Crippen LogP contribution in [0.5, 0.6) is 46.0 Å². The van der Waals surface area contributed by atoms with E-state index in [1.165, 1.54) is 50.2 Å². The molecule has 11 bridgehead atoms. The highest BCUT2D eigenvalue weighted by molar-refractivity contribution is 6.32. The summed E-state index contributed by atoms with van der Waals surface area (Å²) in [6.07, 6.45) is -14.9. The Hall–Kier alpha value is -9.31. The number of hydrogen-bond acceptors (Lipinski definition) is 25. The summed E-state index contributed by atoms with van der Waals surface area (Å²) >= 11 is 14.3. The fourth-order valence-corrected chi connectivity index (χ4v) is 15.6. The summed E-state index contributed by atoms with van der Waals surface area (Å²) in [5.74, 6) is -18.9. The number of carbonyl (C=O) groups excluding carboxylic acids is 8. The zero-order valence-corrected chi connectivity index (χ0v) is 62.7. The summed E-state index contributed by atoms with van der Waals surface area (Å²) in [6.45, 7) is 7.53. The molecule has 2 saturated heterocycles. The van der Waals surface area contributed by atoms with E-state index in [1.807, 2.05) is 19.9 Å². The highest BCUT2D eigenvalue weighted by atomic mass is 35.5. The van der Waals surface area contributed by atoms with Gasteiger partial charge in [0.2, 0.25) is 29.8 Å². The van der Waals surface area contributed by atoms with E-state index in [-0.39, 0.29) is 56.7 Å². The molecule has 14 N–H and O–H groups in total. The van der Waals surface area contributed by atoms with Gasteiger partial charge in [0, 0.05) is 66.7 Å². The third-order valence-corrected chi connectivity index (χ3v) is 21.8. The number of carboxylic acids is 1. The number of Topliss-reactive ketones (excluding diaryl/α,β-unsaturated/α-hetero) is 3. The molecule has 0 aromatic heterocycles. The molecule has 8 aliphatic rings. The smallest absolute Gasteiger partial charge is 0.407 e. The maximum Gasteiger partial charge on any atom is 0.407 e. The van der Waals surface area contributed by atoms with Crippen LogP contribution >= 0.6 is 23.2 Å². The average Bonchev–Trinajstić information content (AvgIpc) is 0.769. The minimum absolute atomic E-state index is 0.00902. The highest BCUT2D eigenvalue weighted by Gasteiger charge is 2.53. The summed E-state index contributed by atoms with van der Waals surface area (Å²) < 4.78 is 45.1. The van der Waals surface area contributed by atoms with Crippen LogP contribution < -0.4 is 35.5 Å². The van der Waals surface area contributed by atoms with Gasteiger partial charge in [-0.25, -0.2) is 9.59 Å². The number of phenols is 3. The maximum absolute atomic E-state index is 16.3. The van der Waals surface area contributed by atoms with Gasteiger partial charge in [-0.15, -0.1) is 0 Å². The quantitative estimate of drug-likeness (QED) is 0.0349. The van der Waals surface area contributed by atoms with Crippen molar-refractivity contribution < 1.29 is 127 Å². The predicted octanol–water partition coefficient (Wildman–Crippen LogP) is 7.98. The minimum atomic E-state index is -2.19. The van der Waals surface area contributed by atoms with E-state index in [1.54, 1.807) is 6.92 Å². The number of amides is 4. The number of aliphatic hydroxyl groups is 6. The number of phenolic OH excluding ortho intramolecular Hbond substituents is 3. The van der Waals surface area contributed by atoms with Gasteiger partial charge in [-0.2, -0.15) is 0 Å². The van der Waals surface area contributed by atoms with Crippen LogP contribution in [0.15, 0.2) is 91.0 Å². The number of aromatic hydroxyl groups is 3. The molecular weight excluding hydrogens is 1490 g/mol. The molecule has 7 heterocycles. The number of carboxylic acid groups (broad SMARTS) is 1. The van der Waals surface area contributed by atoms with E-state index in [2.05, 4.69) is 27.3 Å². The Balaban J connectivity index is 1.11. The van der Waals surface area contributed by atoms with Gasteiger partial charge in [0.15, 0.2) is 41.5 Å². The number of fused-ring (bicyclic) bond motifs is 15. The Morgan fingerprint density at radius 2 is 1.41 bits per heavy atom. The van der Waals surface area contributed by atoms with Crippen molar-refractivity contribution >= 4 is 76.6 Å². The number of aldehydes is 1. The molecule has 30 nitrogen and oxygen atoms in total. The second kappa shape index (κ2) is 35.2. The first kappa shape index (κ1) is 82.6. The zero-order chi connectivity index (χ0) is 80.2. The number of alkyl carbamates (subject to hydrolysis) is 1. The molecule has 5 aromatic rings. The van der Waals surface area contributed by atoms with E-state index in [0.29, 0.717) is 38.4 Å². The number of halogens is 2. The van der Waals surface area contributed by atoms with Gasteiger partial charge < -0.3 is 110 Å². The Morgan fingerprint density at radius 3 is 2.05 bits per heavy atom. The molecule has 0 saturated carbocycles. The lowest BCUT2D eigenvalue weighted by atomic mass is 9.79. The Labute approximate surface area is 647 Å². The van der Waals surface area contributed by atoms with E-state index in [4.69, 9.17) is 56.4 Å². The standard InChI is InChI=1S/C79H90Cl2N4O26/c1-6-37(22-35(2)3)73(99)84-65-54(92)26-41(20-21-86)74(100)82-63-42-27-58(107-56-18-15-39(24-49(56)80)66(94)48-32-52(90)45(31-55(63)93)38-14-17-51(89)46(23-38)62-47(29-43(88)30-53(62)91)64(76(102)103)83-75(48)101)70(59(28-42)108-57-19-16-40(67(65)95)25-50(57)81)111-77-71(69(97)68(96)60(34-87)109-77)110-61-33-79(5,72(98)36(4)105-61)85-78(104)106-44-12-10-8-7-9-11-13-44/h7-8,14-19,21,23-25,27-30,35-37,41,44-45,48,60-61,63-69,71-72,77,87-89,91,94-98H,6,9-13,20,22,26,31-34H2,1-5H3,(H,82,100)(H,83,101)(H,84,99)(H,85,104)(H,102,103)/b8-7+. The molecule has 0 radical (unpaired) electrons. The fraction of sp³-hybridized carbons (Fsp3) is 0.481. The van der Waals surface area contributed by atoms with Crippen LogP contribution in [0.2, 0.25) is 10.0 Å². The van der Waals surface area contributed by atoms with Crippen molar-refractivity contribution in [3.8, 4) is 57.1 Å². The molecule has 7 aliphatic heterocycles. The maximum atomic E-state index is 16.3. The Kier molecular flexibility index (Phi) is 26.2. The van der Waals surface area contributed by atoms with Crippen molar-refractivity contribution in [3.05, 3.63) is 129 Å². The topological polar surface area (TPSA) is 469 Å². The van der Waals surface area contributed by atoms with Crippen molar-refractivity contribution in [2.45, 2.75) is 209 Å². The number of ketones is 3. The van der Waals surface area contributed by atoms with Crippen molar-refractivity contribution in [1.82, 2.24) is 21.3 Å². The van der Waals surface area contributed by atoms with Gasteiger partial charge in [0.25, 0.3) is 0 Å². The number of carbonyl (C=O) groups is 9. The van der Waals surface area contributed by atoms with Gasteiger partial charge >= 0.3 is 12.1 Å². The highest BCUT2D eigenvalue weighted by Crippen LogP contribution is 2.51.